The molecule has 0 fully saturated rings. The summed E-state index contributed by atoms with van der Waals surface area (Å²) in [5.74, 6) is 0. The first-order valence-electron chi connectivity index (χ1n) is 23.3. The Labute approximate surface area is 409 Å². The molecule has 0 radical (unpaired) electrons. The Balaban J connectivity index is 1.05. The summed E-state index contributed by atoms with van der Waals surface area (Å²) in [4.78, 5) is 7.22. The second-order valence-corrected chi connectivity index (χ2v) is 19.5. The summed E-state index contributed by atoms with van der Waals surface area (Å²) in [6.07, 6.45) is 0. The SMILES string of the molecule is c1ccc(N(c2ccccc2)c2cc(-c3ccc(N(c4ccc5sc6ccccc6c5c4)c4ccc5sc6ccccc6c5c4)c4ccccc34)cc(N(c3ccccc3)c3ccccc3)c2)cc1. The van der Waals surface area contributed by atoms with E-state index in [1.165, 1.54) is 51.1 Å². The average Bonchev–Trinajstić information content (AvgIpc) is 3.98. The van der Waals surface area contributed by atoms with Crippen LogP contribution in [0.25, 0.3) is 62.2 Å². The summed E-state index contributed by atoms with van der Waals surface area (Å²) in [6, 6.07) is 95.0. The van der Waals surface area contributed by atoms with Gasteiger partial charge in [0.15, 0.2) is 0 Å². The third kappa shape index (κ3) is 7.36. The monoisotopic (exact) mass is 917 g/mol. The van der Waals surface area contributed by atoms with Crippen molar-refractivity contribution in [2.75, 3.05) is 14.7 Å². The molecule has 0 aliphatic rings. The Hall–Kier alpha value is -8.48. The molecule has 0 amide bonds. The molecule has 0 aliphatic carbocycles. The molecule has 69 heavy (non-hydrogen) atoms. The van der Waals surface area contributed by atoms with Crippen molar-refractivity contribution < 1.29 is 0 Å². The maximum absolute atomic E-state index is 2.48. The highest BCUT2D eigenvalue weighted by atomic mass is 32.1. The normalized spacial score (nSPS) is 11.5. The van der Waals surface area contributed by atoms with Crippen molar-refractivity contribution in [3.05, 3.63) is 261 Å². The fourth-order valence-corrected chi connectivity index (χ4v) is 12.2. The van der Waals surface area contributed by atoms with Gasteiger partial charge in [-0.1, -0.05) is 140 Å². The van der Waals surface area contributed by atoms with E-state index < -0.39 is 0 Å². The molecule has 0 saturated carbocycles. The lowest BCUT2D eigenvalue weighted by molar-refractivity contribution is 1.25. The van der Waals surface area contributed by atoms with Gasteiger partial charge in [0.1, 0.15) is 0 Å². The van der Waals surface area contributed by atoms with E-state index in [9.17, 15) is 0 Å². The van der Waals surface area contributed by atoms with Gasteiger partial charge in [-0.3, -0.25) is 0 Å². The maximum Gasteiger partial charge on any atom is 0.0540 e. The number of rotatable bonds is 10. The van der Waals surface area contributed by atoms with Gasteiger partial charge in [-0.05, 0) is 138 Å². The molecule has 0 bridgehead atoms. The van der Waals surface area contributed by atoms with Crippen LogP contribution >= 0.6 is 22.7 Å². The topological polar surface area (TPSA) is 9.72 Å². The molecule has 326 valence electrons. The van der Waals surface area contributed by atoms with E-state index in [1.54, 1.807) is 0 Å². The maximum atomic E-state index is 2.48. The van der Waals surface area contributed by atoms with Crippen molar-refractivity contribution in [1.29, 1.82) is 0 Å². The molecule has 13 aromatic rings. The quantitative estimate of drug-likeness (QED) is 0.135. The predicted molar refractivity (Wildman–Crippen MR) is 299 cm³/mol. The minimum absolute atomic E-state index is 1.05. The summed E-state index contributed by atoms with van der Waals surface area (Å²) >= 11 is 3.71. The van der Waals surface area contributed by atoms with Crippen LogP contribution in [-0.2, 0) is 0 Å². The molecule has 0 saturated heterocycles. The van der Waals surface area contributed by atoms with Crippen molar-refractivity contribution in [3.8, 4) is 11.1 Å². The van der Waals surface area contributed by atoms with Crippen molar-refractivity contribution in [3.63, 3.8) is 0 Å². The van der Waals surface area contributed by atoms with E-state index in [2.05, 4.69) is 276 Å². The number of fused-ring (bicyclic) bond motifs is 7. The Bertz CT molecular complexity index is 3680. The number of thiophene rings is 2. The lowest BCUT2D eigenvalue weighted by Crippen LogP contribution is -2.13. The lowest BCUT2D eigenvalue weighted by atomic mass is 9.94. The van der Waals surface area contributed by atoms with E-state index >= 15 is 0 Å². The van der Waals surface area contributed by atoms with E-state index in [0.717, 1.165) is 62.3 Å². The molecule has 0 unspecified atom stereocenters. The Morgan fingerprint density at radius 3 is 1.04 bits per heavy atom. The second-order valence-electron chi connectivity index (χ2n) is 17.3. The van der Waals surface area contributed by atoms with Crippen molar-refractivity contribution >= 4 is 125 Å². The number of hydrogen-bond acceptors (Lipinski definition) is 5. The van der Waals surface area contributed by atoms with Gasteiger partial charge in [0.05, 0.1) is 5.69 Å². The molecule has 0 N–H and O–H groups in total. The average molecular weight is 918 g/mol. The predicted octanol–water partition coefficient (Wildman–Crippen LogP) is 19.7. The highest BCUT2D eigenvalue weighted by Crippen LogP contribution is 2.48. The van der Waals surface area contributed by atoms with Crippen LogP contribution in [0.4, 0.5) is 51.2 Å². The number of nitrogens with zero attached hydrogens (tertiary/aromatic N) is 3. The smallest absolute Gasteiger partial charge is 0.0540 e. The molecule has 0 atom stereocenters. The van der Waals surface area contributed by atoms with E-state index in [0.29, 0.717) is 0 Å². The van der Waals surface area contributed by atoms with Gasteiger partial charge in [0.2, 0.25) is 0 Å². The Morgan fingerprint density at radius 2 is 0.594 bits per heavy atom. The van der Waals surface area contributed by atoms with Gasteiger partial charge in [-0.2, -0.15) is 0 Å². The number of benzene rings is 11. The third-order valence-electron chi connectivity index (χ3n) is 13.2. The number of para-hydroxylation sites is 4. The molecule has 2 aromatic heterocycles. The largest absolute Gasteiger partial charge is 0.310 e. The zero-order valence-electron chi connectivity index (χ0n) is 37.5. The molecule has 13 rings (SSSR count). The van der Waals surface area contributed by atoms with Crippen LogP contribution in [0.2, 0.25) is 0 Å². The van der Waals surface area contributed by atoms with Crippen molar-refractivity contribution in [2.24, 2.45) is 0 Å². The van der Waals surface area contributed by atoms with Gasteiger partial charge in [0.25, 0.3) is 0 Å². The van der Waals surface area contributed by atoms with Crippen molar-refractivity contribution in [1.82, 2.24) is 0 Å². The Morgan fingerprint density at radius 1 is 0.217 bits per heavy atom. The summed E-state index contributed by atoms with van der Waals surface area (Å²) in [7, 11) is 0. The fourth-order valence-electron chi connectivity index (χ4n) is 10.1. The Kier molecular flexibility index (Phi) is 10.2. The van der Waals surface area contributed by atoms with Crippen LogP contribution in [0, 0.1) is 0 Å². The molecule has 3 nitrogen and oxygen atoms in total. The van der Waals surface area contributed by atoms with Crippen LogP contribution in [0.5, 0.6) is 0 Å². The second kappa shape index (κ2) is 17.3. The van der Waals surface area contributed by atoms with Crippen LogP contribution < -0.4 is 14.7 Å². The lowest BCUT2D eigenvalue weighted by Gasteiger charge is -2.31. The minimum Gasteiger partial charge on any atom is -0.310 e. The number of anilines is 9. The van der Waals surface area contributed by atoms with Crippen LogP contribution in [0.15, 0.2) is 261 Å². The molecular weight excluding hydrogens is 875 g/mol. The summed E-state index contributed by atoms with van der Waals surface area (Å²) in [5, 5.41) is 7.45. The molecule has 2 heterocycles. The highest BCUT2D eigenvalue weighted by molar-refractivity contribution is 7.26. The summed E-state index contributed by atoms with van der Waals surface area (Å²) < 4.78 is 5.18. The first-order chi connectivity index (χ1) is 34.2. The minimum atomic E-state index is 1.05. The standard InChI is InChI=1S/C64H43N3S2/c1-5-19-45(20-6-1)65(46-21-7-2-8-22-46)51-39-44(40-52(41-51)66(47-23-9-3-10-24-47)48-25-11-4-12-26-48)53-35-36-60(55-28-14-13-27-54(53)55)67(49-33-37-63-58(42-49)56-29-15-17-31-61(56)68-63)50-34-38-64-59(43-50)57-30-16-18-32-62(57)69-64/h1-43H. The summed E-state index contributed by atoms with van der Waals surface area (Å²) in [6.45, 7) is 0. The number of hydrogen-bond donors (Lipinski definition) is 0. The van der Waals surface area contributed by atoms with Crippen LogP contribution in [0.1, 0.15) is 0 Å². The fraction of sp³-hybridized carbons (Fsp3) is 0. The molecule has 11 aromatic carbocycles. The molecule has 5 heteroatoms. The van der Waals surface area contributed by atoms with E-state index in [-0.39, 0.29) is 0 Å². The van der Waals surface area contributed by atoms with Gasteiger partial charge < -0.3 is 14.7 Å². The molecular formula is C64H43N3S2. The third-order valence-corrected chi connectivity index (χ3v) is 15.5. The van der Waals surface area contributed by atoms with Crippen LogP contribution in [-0.4, -0.2) is 0 Å². The van der Waals surface area contributed by atoms with Crippen LogP contribution in [0.3, 0.4) is 0 Å². The van der Waals surface area contributed by atoms with E-state index in [1.807, 2.05) is 22.7 Å². The van der Waals surface area contributed by atoms with Crippen molar-refractivity contribution in [2.45, 2.75) is 0 Å². The van der Waals surface area contributed by atoms with Gasteiger partial charge in [-0.25, -0.2) is 0 Å². The van der Waals surface area contributed by atoms with Gasteiger partial charge in [0, 0.05) is 91.2 Å². The summed E-state index contributed by atoms with van der Waals surface area (Å²) in [5.41, 5.74) is 12.1. The molecule has 0 spiro atoms. The molecule has 0 aliphatic heterocycles. The van der Waals surface area contributed by atoms with E-state index in [4.69, 9.17) is 0 Å². The first kappa shape index (κ1) is 40.8. The first-order valence-corrected chi connectivity index (χ1v) is 25.0. The van der Waals surface area contributed by atoms with Gasteiger partial charge in [-0.15, -0.1) is 22.7 Å². The highest BCUT2D eigenvalue weighted by Gasteiger charge is 2.23. The van der Waals surface area contributed by atoms with Gasteiger partial charge >= 0.3 is 0 Å². The zero-order chi connectivity index (χ0) is 45.7. The zero-order valence-corrected chi connectivity index (χ0v) is 39.1.